The molecule has 0 saturated carbocycles. The molecule has 0 fully saturated rings. The van der Waals surface area contributed by atoms with Gasteiger partial charge in [0.1, 0.15) is 6.07 Å². The van der Waals surface area contributed by atoms with E-state index in [1.54, 1.807) is 53.8 Å². The number of imide groups is 1. The fraction of sp³-hybridized carbons (Fsp3) is 0.447. The van der Waals surface area contributed by atoms with Gasteiger partial charge in [-0.2, -0.15) is 5.26 Å². The number of Topliss-reactive ketones (excluding diaryl/α,β-unsaturated/α-hetero) is 2. The fourth-order valence-corrected chi connectivity index (χ4v) is 7.46. The number of allylic oxidation sites excluding steroid dienone is 4. The molecule has 0 radical (unpaired) electrons. The first-order valence-electron chi connectivity index (χ1n) is 17.3. The number of hydrogen-bond donors (Lipinski definition) is 2. The molecule has 53 heavy (non-hydrogen) atoms. The van der Waals surface area contributed by atoms with Crippen LogP contribution >= 0.6 is 11.3 Å². The van der Waals surface area contributed by atoms with Crippen molar-refractivity contribution < 1.29 is 38.7 Å². The zero-order valence-electron chi connectivity index (χ0n) is 30.8. The number of rotatable bonds is 16. The molecule has 4 rings (SSSR count). The summed E-state index contributed by atoms with van der Waals surface area (Å²) in [6, 6.07) is 6.68. The number of nitrogens with one attached hydrogen (secondary N) is 1. The molecule has 15 heteroatoms. The maximum absolute atomic E-state index is 13.5. The van der Waals surface area contributed by atoms with Crippen molar-refractivity contribution in [1.29, 1.82) is 5.26 Å². The third-order valence-electron chi connectivity index (χ3n) is 9.76. The summed E-state index contributed by atoms with van der Waals surface area (Å²) >= 11 is 1.19. The number of likely N-dealkylation sites (N-methyl/N-ethyl adjacent to an activating group) is 1. The number of nitriles is 1. The van der Waals surface area contributed by atoms with Crippen molar-refractivity contribution in [3.05, 3.63) is 63.2 Å². The normalized spacial score (nSPS) is 15.4. The van der Waals surface area contributed by atoms with E-state index in [1.165, 1.54) is 33.3 Å². The minimum Gasteiger partial charge on any atom is -0.465 e. The fourth-order valence-electron chi connectivity index (χ4n) is 6.65. The van der Waals surface area contributed by atoms with Gasteiger partial charge in [-0.1, -0.05) is 26.3 Å². The summed E-state index contributed by atoms with van der Waals surface area (Å²) in [6.45, 7) is 8.48. The summed E-state index contributed by atoms with van der Waals surface area (Å²) in [5, 5.41) is 22.8. The van der Waals surface area contributed by atoms with Gasteiger partial charge < -0.3 is 15.3 Å². The number of aromatic nitrogens is 1. The summed E-state index contributed by atoms with van der Waals surface area (Å²) in [7, 11) is 1.56. The van der Waals surface area contributed by atoms with Gasteiger partial charge in [0.25, 0.3) is 11.8 Å². The van der Waals surface area contributed by atoms with E-state index in [9.17, 15) is 43.9 Å². The van der Waals surface area contributed by atoms with Gasteiger partial charge in [-0.25, -0.2) is 9.78 Å². The number of hydrogen-bond acceptors (Lipinski definition) is 10. The molecule has 1 aromatic carbocycles. The van der Waals surface area contributed by atoms with Gasteiger partial charge in [0.05, 0.1) is 16.3 Å². The van der Waals surface area contributed by atoms with E-state index in [2.05, 4.69) is 10.3 Å². The Labute approximate surface area is 311 Å². The van der Waals surface area contributed by atoms with Gasteiger partial charge in [0.15, 0.2) is 16.6 Å². The Morgan fingerprint density at radius 1 is 1.00 bits per heavy atom. The SMILES string of the molecule is CC1=C(C)C(=O)C(C(C)(C)CC(=O)N(C)CCN(C(=O)O)C(CCCCC(=O)NCCN2C(=O)C=CC2=O)c2ccc3nc(C#N)sc3c2)=C(C)C1=O. The van der Waals surface area contributed by atoms with Crippen LogP contribution in [0.3, 0.4) is 0 Å². The van der Waals surface area contributed by atoms with Gasteiger partial charge >= 0.3 is 6.09 Å². The minimum atomic E-state index is -1.21. The van der Waals surface area contributed by atoms with Crippen molar-refractivity contribution in [3.63, 3.8) is 0 Å². The molecule has 2 aliphatic rings. The Kier molecular flexibility index (Phi) is 12.8. The number of unbranched alkanes of at least 4 members (excludes halogenated alkanes) is 1. The van der Waals surface area contributed by atoms with Crippen LogP contribution < -0.4 is 5.32 Å². The second-order valence-electron chi connectivity index (χ2n) is 13.9. The van der Waals surface area contributed by atoms with Gasteiger partial charge in [0, 0.05) is 85.9 Å². The van der Waals surface area contributed by atoms with Gasteiger partial charge in [-0.05, 0) is 51.3 Å². The number of amides is 5. The molecular weight excluding hydrogens is 701 g/mol. The first-order valence-corrected chi connectivity index (χ1v) is 18.1. The zero-order chi connectivity index (χ0) is 39.2. The van der Waals surface area contributed by atoms with E-state index in [4.69, 9.17) is 0 Å². The van der Waals surface area contributed by atoms with Crippen LogP contribution in [0.1, 0.15) is 83.3 Å². The quantitative estimate of drug-likeness (QED) is 0.141. The molecule has 0 spiro atoms. The topological polar surface area (TPSA) is 198 Å². The van der Waals surface area contributed by atoms with E-state index in [1.807, 2.05) is 12.1 Å². The van der Waals surface area contributed by atoms with E-state index < -0.39 is 29.4 Å². The van der Waals surface area contributed by atoms with E-state index >= 15 is 0 Å². The van der Waals surface area contributed by atoms with Crippen molar-refractivity contribution in [2.24, 2.45) is 5.41 Å². The Morgan fingerprint density at radius 3 is 2.30 bits per heavy atom. The summed E-state index contributed by atoms with van der Waals surface area (Å²) in [5.41, 5.74) is 1.70. The lowest BCUT2D eigenvalue weighted by Gasteiger charge is -2.34. The zero-order valence-corrected chi connectivity index (χ0v) is 31.6. The number of fused-ring (bicyclic) bond motifs is 1. The third-order valence-corrected chi connectivity index (χ3v) is 10.7. The number of carboxylic acid groups (broad SMARTS) is 1. The highest BCUT2D eigenvalue weighted by atomic mass is 32.1. The molecule has 14 nitrogen and oxygen atoms in total. The second-order valence-corrected chi connectivity index (χ2v) is 14.9. The summed E-state index contributed by atoms with van der Waals surface area (Å²) in [4.78, 5) is 96.3. The molecule has 5 amide bonds. The van der Waals surface area contributed by atoms with Crippen LogP contribution in [0, 0.1) is 16.7 Å². The lowest BCUT2D eigenvalue weighted by atomic mass is 9.71. The first-order chi connectivity index (χ1) is 25.0. The van der Waals surface area contributed by atoms with Crippen molar-refractivity contribution in [1.82, 2.24) is 25.0 Å². The van der Waals surface area contributed by atoms with E-state index in [-0.39, 0.29) is 67.4 Å². The molecule has 0 saturated heterocycles. The molecule has 1 aliphatic carbocycles. The lowest BCUT2D eigenvalue weighted by Crippen LogP contribution is -2.42. The standard InChI is InChI=1S/C38H44N6O8S/c1-22-23(2)36(50)34(24(3)35(22)49)38(4,5)20-33(48)42(6)17-18-43(37(51)52)27(25-11-12-26-28(19-25)53-30(21-39)41-26)9-7-8-10-29(45)40-15-16-44-31(46)13-14-32(44)47/h11-14,19,27H,7-10,15-18,20H2,1-6H3,(H,40,45)(H,51,52). The summed E-state index contributed by atoms with van der Waals surface area (Å²) < 4.78 is 0.717. The Hall–Kier alpha value is -5.49. The lowest BCUT2D eigenvalue weighted by molar-refractivity contribution is -0.137. The number of ketones is 2. The minimum absolute atomic E-state index is 0.0436. The second kappa shape index (κ2) is 16.9. The van der Waals surface area contributed by atoms with Crippen LogP contribution in [0.25, 0.3) is 10.2 Å². The molecule has 2 N–H and O–H groups in total. The number of benzene rings is 1. The summed E-state index contributed by atoms with van der Waals surface area (Å²) in [6.07, 6.45) is 2.46. The highest BCUT2D eigenvalue weighted by molar-refractivity contribution is 7.19. The number of nitrogens with zero attached hydrogens (tertiary/aromatic N) is 5. The maximum Gasteiger partial charge on any atom is 0.407 e. The Balaban J connectivity index is 1.43. The smallest absolute Gasteiger partial charge is 0.407 e. The highest BCUT2D eigenvalue weighted by Gasteiger charge is 2.39. The van der Waals surface area contributed by atoms with Gasteiger partial charge in [-0.15, -0.1) is 11.3 Å². The molecule has 1 aliphatic heterocycles. The molecule has 0 bridgehead atoms. The summed E-state index contributed by atoms with van der Waals surface area (Å²) in [5.74, 6) is -1.93. The van der Waals surface area contributed by atoms with E-state index in [0.717, 1.165) is 4.90 Å². The number of carbonyl (C=O) groups excluding carboxylic acids is 6. The van der Waals surface area contributed by atoms with Crippen molar-refractivity contribution in [3.8, 4) is 6.07 Å². The monoisotopic (exact) mass is 744 g/mol. The van der Waals surface area contributed by atoms with Gasteiger partial charge in [-0.3, -0.25) is 38.6 Å². The molecule has 2 heterocycles. The highest BCUT2D eigenvalue weighted by Crippen LogP contribution is 2.39. The van der Waals surface area contributed by atoms with Crippen molar-refractivity contribution >= 4 is 62.8 Å². The molecular formula is C38H44N6O8S. The average molecular weight is 745 g/mol. The molecule has 1 unspecified atom stereocenters. The van der Waals surface area contributed by atoms with Crippen molar-refractivity contribution in [2.45, 2.75) is 72.8 Å². The van der Waals surface area contributed by atoms with Crippen LogP contribution in [0.2, 0.25) is 0 Å². The molecule has 1 aromatic heterocycles. The number of carbonyl (C=O) groups is 7. The first kappa shape index (κ1) is 40.3. The molecule has 2 aromatic rings. The Bertz CT molecular complexity index is 1980. The van der Waals surface area contributed by atoms with Crippen LogP contribution in [-0.2, 0) is 28.8 Å². The third kappa shape index (κ3) is 9.31. The Morgan fingerprint density at radius 2 is 1.66 bits per heavy atom. The van der Waals surface area contributed by atoms with Gasteiger partial charge in [0.2, 0.25) is 11.8 Å². The predicted molar refractivity (Wildman–Crippen MR) is 196 cm³/mol. The molecule has 280 valence electrons. The average Bonchev–Trinajstić information content (AvgIpc) is 3.67. The largest absolute Gasteiger partial charge is 0.465 e. The van der Waals surface area contributed by atoms with E-state index in [0.29, 0.717) is 57.3 Å². The van der Waals surface area contributed by atoms with Crippen LogP contribution in [0.4, 0.5) is 4.79 Å². The number of thiazole rings is 1. The predicted octanol–water partition coefficient (Wildman–Crippen LogP) is 4.47. The maximum atomic E-state index is 13.5. The van der Waals surface area contributed by atoms with Crippen LogP contribution in [0.5, 0.6) is 0 Å². The molecule has 1 atom stereocenters. The van der Waals surface area contributed by atoms with Crippen LogP contribution in [0.15, 0.2) is 52.6 Å². The van der Waals surface area contributed by atoms with Crippen LogP contribution in [-0.4, -0.2) is 99.3 Å². The van der Waals surface area contributed by atoms with Crippen molar-refractivity contribution in [2.75, 3.05) is 33.2 Å².